The summed E-state index contributed by atoms with van der Waals surface area (Å²) in [4.78, 5) is 18.9. The number of halogens is 4. The van der Waals surface area contributed by atoms with Gasteiger partial charge >= 0.3 is 6.18 Å². The van der Waals surface area contributed by atoms with E-state index in [0.717, 1.165) is 12.4 Å². The van der Waals surface area contributed by atoms with Gasteiger partial charge in [0.1, 0.15) is 17.8 Å². The van der Waals surface area contributed by atoms with Crippen molar-refractivity contribution >= 4 is 38.2 Å². The molecule has 12 heteroatoms. The number of carbonyl (C=O) groups excluding carboxylic acids is 1. The highest BCUT2D eigenvalue weighted by Gasteiger charge is 2.33. The Morgan fingerprint density at radius 3 is 2.46 bits per heavy atom. The number of amides is 1. The van der Waals surface area contributed by atoms with E-state index in [4.69, 9.17) is 22.1 Å². The Hall–Kier alpha value is -3.70. The summed E-state index contributed by atoms with van der Waals surface area (Å²) < 4.78 is 71.5. The summed E-state index contributed by atoms with van der Waals surface area (Å²) >= 11 is 6.37. The zero-order valence-corrected chi connectivity index (χ0v) is 20.6. The van der Waals surface area contributed by atoms with Gasteiger partial charge in [-0.2, -0.15) is 13.2 Å². The smallest absolute Gasteiger partial charge is 0.418 e. The molecule has 0 atom stereocenters. The van der Waals surface area contributed by atoms with Gasteiger partial charge in [-0.1, -0.05) is 29.8 Å². The number of nitrogens with two attached hydrogens (primary N) is 1. The molecule has 4 aromatic rings. The zero-order valence-electron chi connectivity index (χ0n) is 19.0. The first-order chi connectivity index (χ1) is 17.5. The van der Waals surface area contributed by atoms with Gasteiger partial charge in [-0.3, -0.25) is 4.79 Å². The van der Waals surface area contributed by atoms with Gasteiger partial charge in [-0.05, 0) is 48.9 Å². The van der Waals surface area contributed by atoms with Crippen LogP contribution < -0.4 is 10.5 Å². The van der Waals surface area contributed by atoms with Crippen LogP contribution in [0.15, 0.2) is 71.9 Å². The summed E-state index contributed by atoms with van der Waals surface area (Å²) in [5.74, 6) is -0.389. The predicted octanol–water partition coefficient (Wildman–Crippen LogP) is 5.80. The maximum absolute atomic E-state index is 13.5. The molecule has 0 fully saturated rings. The second kappa shape index (κ2) is 10.3. The lowest BCUT2D eigenvalue weighted by Gasteiger charge is -2.13. The standard InChI is InChI=1S/C25H19ClF3N3O4S/c26-21-10-9-16(36-15-4-1-5-17(12-15)37(34,35)11-3-8-22(30)33)13-19(21)23-18-6-2-7-20(25(27,28)29)24(18)32-14-31-23/h1-2,4-7,9-10,12-14H,3,8,11H2,(H2,30,33). The molecule has 2 N–H and O–H groups in total. The van der Waals surface area contributed by atoms with E-state index < -0.39 is 27.5 Å². The Kier molecular flexibility index (Phi) is 7.37. The molecule has 1 aromatic heterocycles. The van der Waals surface area contributed by atoms with Crippen molar-refractivity contribution in [3.05, 3.63) is 77.6 Å². The van der Waals surface area contributed by atoms with Crippen molar-refractivity contribution in [2.45, 2.75) is 23.9 Å². The molecule has 1 amide bonds. The summed E-state index contributed by atoms with van der Waals surface area (Å²) in [6.07, 6.45) is -3.54. The zero-order chi connectivity index (χ0) is 26.8. The predicted molar refractivity (Wildman–Crippen MR) is 132 cm³/mol. The molecular formula is C25H19ClF3N3O4S. The van der Waals surface area contributed by atoms with E-state index >= 15 is 0 Å². The molecule has 0 aliphatic rings. The quantitative estimate of drug-likeness (QED) is 0.297. The molecule has 0 saturated carbocycles. The minimum atomic E-state index is -4.61. The minimum Gasteiger partial charge on any atom is -0.457 e. The van der Waals surface area contributed by atoms with E-state index in [1.54, 1.807) is 6.07 Å². The third-order valence-corrected chi connectivity index (χ3v) is 7.53. The molecule has 7 nitrogen and oxygen atoms in total. The van der Waals surface area contributed by atoms with Crippen LogP contribution in [-0.4, -0.2) is 30.0 Å². The molecule has 1 heterocycles. The van der Waals surface area contributed by atoms with Gasteiger partial charge in [0.15, 0.2) is 9.84 Å². The molecule has 192 valence electrons. The number of nitrogens with zero attached hydrogens (tertiary/aromatic N) is 2. The van der Waals surface area contributed by atoms with Crippen molar-refractivity contribution in [2.24, 2.45) is 5.73 Å². The van der Waals surface area contributed by atoms with E-state index in [1.807, 2.05) is 0 Å². The number of hydrogen-bond acceptors (Lipinski definition) is 6. The molecule has 0 spiro atoms. The fourth-order valence-electron chi connectivity index (χ4n) is 3.70. The number of primary amides is 1. The summed E-state index contributed by atoms with van der Waals surface area (Å²) in [5.41, 5.74) is 4.39. The number of carbonyl (C=O) groups is 1. The Labute approximate surface area is 215 Å². The average Bonchev–Trinajstić information content (AvgIpc) is 2.84. The van der Waals surface area contributed by atoms with E-state index in [9.17, 15) is 26.4 Å². The summed E-state index contributed by atoms with van der Waals surface area (Å²) in [6, 6.07) is 14.0. The normalized spacial score (nSPS) is 12.0. The molecule has 0 radical (unpaired) electrons. The summed E-state index contributed by atoms with van der Waals surface area (Å²) in [5, 5.41) is 0.371. The first-order valence-corrected chi connectivity index (χ1v) is 12.9. The number of para-hydroxylation sites is 1. The van der Waals surface area contributed by atoms with Gasteiger partial charge in [0.05, 0.1) is 32.4 Å². The molecule has 3 aromatic carbocycles. The number of benzene rings is 3. The SMILES string of the molecule is NC(=O)CCCS(=O)(=O)c1cccc(Oc2ccc(Cl)c(-c3ncnc4c(C(F)(F)F)cccc34)c2)c1. The number of sulfone groups is 1. The van der Waals surface area contributed by atoms with Crippen molar-refractivity contribution in [1.29, 1.82) is 0 Å². The van der Waals surface area contributed by atoms with Crippen LogP contribution in [0.3, 0.4) is 0 Å². The number of aromatic nitrogens is 2. The third kappa shape index (κ3) is 6.00. The number of hydrogen-bond donors (Lipinski definition) is 1. The van der Waals surface area contributed by atoms with E-state index in [-0.39, 0.29) is 56.6 Å². The first kappa shape index (κ1) is 26.4. The maximum Gasteiger partial charge on any atom is 0.418 e. The van der Waals surface area contributed by atoms with Crippen molar-refractivity contribution in [3.63, 3.8) is 0 Å². The van der Waals surface area contributed by atoms with Crippen molar-refractivity contribution in [1.82, 2.24) is 9.97 Å². The Bertz CT molecular complexity index is 1590. The summed E-state index contributed by atoms with van der Waals surface area (Å²) in [7, 11) is -3.69. The van der Waals surface area contributed by atoms with Crippen LogP contribution in [0.5, 0.6) is 11.5 Å². The fraction of sp³-hybridized carbons (Fsp3) is 0.160. The van der Waals surface area contributed by atoms with Crippen LogP contribution in [0.2, 0.25) is 5.02 Å². The van der Waals surface area contributed by atoms with Crippen molar-refractivity contribution in [2.75, 3.05) is 5.75 Å². The monoisotopic (exact) mass is 549 g/mol. The molecule has 0 saturated heterocycles. The maximum atomic E-state index is 13.5. The first-order valence-electron chi connectivity index (χ1n) is 10.9. The number of ether oxygens (including phenoxy) is 1. The van der Waals surface area contributed by atoms with E-state index in [1.165, 1.54) is 48.5 Å². The van der Waals surface area contributed by atoms with Crippen LogP contribution in [0, 0.1) is 0 Å². The lowest BCUT2D eigenvalue weighted by atomic mass is 10.0. The van der Waals surface area contributed by atoms with Gasteiger partial charge in [-0.25, -0.2) is 18.4 Å². The second-order valence-electron chi connectivity index (χ2n) is 8.03. The third-order valence-electron chi connectivity index (χ3n) is 5.40. The minimum absolute atomic E-state index is 0.00475. The molecule has 0 bridgehead atoms. The molecule has 37 heavy (non-hydrogen) atoms. The average molecular weight is 550 g/mol. The Balaban J connectivity index is 1.67. The highest BCUT2D eigenvalue weighted by atomic mass is 35.5. The highest BCUT2D eigenvalue weighted by Crippen LogP contribution is 2.39. The van der Waals surface area contributed by atoms with Gasteiger partial charge < -0.3 is 10.5 Å². The Morgan fingerprint density at radius 1 is 1.00 bits per heavy atom. The number of rotatable bonds is 8. The van der Waals surface area contributed by atoms with Crippen LogP contribution in [0.4, 0.5) is 13.2 Å². The molecule has 0 unspecified atom stereocenters. The number of alkyl halides is 3. The van der Waals surface area contributed by atoms with Crippen LogP contribution in [0.1, 0.15) is 18.4 Å². The lowest BCUT2D eigenvalue weighted by Crippen LogP contribution is -2.13. The molecule has 4 rings (SSSR count). The second-order valence-corrected chi connectivity index (χ2v) is 10.5. The summed E-state index contributed by atoms with van der Waals surface area (Å²) in [6.45, 7) is 0. The van der Waals surface area contributed by atoms with Gasteiger partial charge in [0, 0.05) is 17.4 Å². The lowest BCUT2D eigenvalue weighted by molar-refractivity contribution is -0.136. The van der Waals surface area contributed by atoms with E-state index in [2.05, 4.69) is 9.97 Å². The highest BCUT2D eigenvalue weighted by molar-refractivity contribution is 7.91. The molecule has 0 aliphatic heterocycles. The molecular weight excluding hydrogens is 531 g/mol. The topological polar surface area (TPSA) is 112 Å². The van der Waals surface area contributed by atoms with E-state index in [0.29, 0.717) is 5.56 Å². The van der Waals surface area contributed by atoms with Crippen molar-refractivity contribution in [3.8, 4) is 22.8 Å². The van der Waals surface area contributed by atoms with Gasteiger partial charge in [0.25, 0.3) is 0 Å². The largest absolute Gasteiger partial charge is 0.457 e. The van der Waals surface area contributed by atoms with Gasteiger partial charge in [0.2, 0.25) is 5.91 Å². The molecule has 0 aliphatic carbocycles. The number of fused-ring (bicyclic) bond motifs is 1. The van der Waals surface area contributed by atoms with Crippen LogP contribution >= 0.6 is 11.6 Å². The Morgan fingerprint density at radius 2 is 1.73 bits per heavy atom. The fourth-order valence-corrected chi connectivity index (χ4v) is 5.25. The van der Waals surface area contributed by atoms with Gasteiger partial charge in [-0.15, -0.1) is 0 Å². The van der Waals surface area contributed by atoms with Crippen LogP contribution in [0.25, 0.3) is 22.2 Å². The van der Waals surface area contributed by atoms with Crippen LogP contribution in [-0.2, 0) is 20.8 Å². The van der Waals surface area contributed by atoms with Crippen molar-refractivity contribution < 1.29 is 31.1 Å².